The van der Waals surface area contributed by atoms with Gasteiger partial charge in [0, 0.05) is 6.04 Å². The Kier molecular flexibility index (Phi) is 6.15. The normalized spacial score (nSPS) is 13.3. The van der Waals surface area contributed by atoms with Crippen LogP contribution in [0.5, 0.6) is 5.75 Å². The van der Waals surface area contributed by atoms with E-state index < -0.39 is 6.36 Å². The summed E-state index contributed by atoms with van der Waals surface area (Å²) in [6.45, 7) is 5.14. The van der Waals surface area contributed by atoms with Gasteiger partial charge in [-0.05, 0) is 43.5 Å². The molecule has 0 amide bonds. The van der Waals surface area contributed by atoms with Crippen LogP contribution in [0.2, 0.25) is 0 Å². The van der Waals surface area contributed by atoms with Crippen molar-refractivity contribution in [3.8, 4) is 5.75 Å². The molecule has 1 rings (SSSR count). The van der Waals surface area contributed by atoms with Crippen molar-refractivity contribution < 1.29 is 17.9 Å². The maximum Gasteiger partial charge on any atom is 0.573 e. The van der Waals surface area contributed by atoms with E-state index in [-0.39, 0.29) is 5.75 Å². The van der Waals surface area contributed by atoms with Crippen molar-refractivity contribution in [2.75, 3.05) is 6.54 Å². The molecule has 0 fully saturated rings. The van der Waals surface area contributed by atoms with E-state index in [1.54, 1.807) is 12.1 Å². The van der Waals surface area contributed by atoms with Crippen LogP contribution in [0.4, 0.5) is 13.2 Å². The van der Waals surface area contributed by atoms with E-state index in [1.807, 2.05) is 0 Å². The van der Waals surface area contributed by atoms with Gasteiger partial charge in [-0.25, -0.2) is 0 Å². The number of hydrogen-bond acceptors (Lipinski definition) is 2. The maximum absolute atomic E-state index is 12.0. The van der Waals surface area contributed by atoms with Gasteiger partial charge in [-0.3, -0.25) is 0 Å². The number of rotatable bonds is 7. The molecule has 1 aromatic carbocycles. The zero-order valence-corrected chi connectivity index (χ0v) is 11.3. The van der Waals surface area contributed by atoms with Crippen molar-refractivity contribution in [2.45, 2.75) is 45.5 Å². The summed E-state index contributed by atoms with van der Waals surface area (Å²) in [6.07, 6.45) is -1.77. The molecule has 1 unspecified atom stereocenters. The summed E-state index contributed by atoms with van der Waals surface area (Å²) in [5.74, 6) is -0.175. The lowest BCUT2D eigenvalue weighted by Gasteiger charge is -2.17. The van der Waals surface area contributed by atoms with Gasteiger partial charge in [0.15, 0.2) is 0 Å². The number of benzene rings is 1. The molecule has 1 N–H and O–H groups in total. The Labute approximate surface area is 112 Å². The third-order valence-corrected chi connectivity index (χ3v) is 2.81. The Hall–Kier alpha value is -1.23. The highest BCUT2D eigenvalue weighted by Gasteiger charge is 2.30. The van der Waals surface area contributed by atoms with Crippen LogP contribution in [0.1, 0.15) is 32.3 Å². The molecular formula is C14H20F3NO. The molecule has 2 nitrogen and oxygen atoms in total. The Morgan fingerprint density at radius 3 is 2.26 bits per heavy atom. The summed E-state index contributed by atoms with van der Waals surface area (Å²) < 4.78 is 39.9. The second kappa shape index (κ2) is 7.38. The Bertz CT molecular complexity index is 362. The minimum atomic E-state index is -4.63. The van der Waals surface area contributed by atoms with Gasteiger partial charge < -0.3 is 10.1 Å². The lowest BCUT2D eigenvalue weighted by Crippen LogP contribution is -2.31. The predicted molar refractivity (Wildman–Crippen MR) is 69.2 cm³/mol. The molecule has 108 valence electrons. The average molecular weight is 275 g/mol. The highest BCUT2D eigenvalue weighted by Crippen LogP contribution is 2.23. The van der Waals surface area contributed by atoms with E-state index in [2.05, 4.69) is 23.9 Å². The van der Waals surface area contributed by atoms with Gasteiger partial charge in [-0.2, -0.15) is 0 Å². The quantitative estimate of drug-likeness (QED) is 0.814. The molecule has 0 saturated heterocycles. The van der Waals surface area contributed by atoms with Crippen molar-refractivity contribution >= 4 is 0 Å². The standard InChI is InChI=1S/C14H20F3NO/c1-3-9-18-12(4-2)10-11-5-7-13(8-6-11)19-14(15,16)17/h5-8,12,18H,3-4,9-10H2,1-2H3. The third-order valence-electron chi connectivity index (χ3n) is 2.81. The van der Waals surface area contributed by atoms with Crippen LogP contribution < -0.4 is 10.1 Å². The van der Waals surface area contributed by atoms with E-state index in [9.17, 15) is 13.2 Å². The van der Waals surface area contributed by atoms with Gasteiger partial charge in [0.1, 0.15) is 5.75 Å². The zero-order chi connectivity index (χ0) is 14.3. The molecule has 0 heterocycles. The number of nitrogens with one attached hydrogen (secondary N) is 1. The van der Waals surface area contributed by atoms with Crippen molar-refractivity contribution in [3.05, 3.63) is 29.8 Å². The Morgan fingerprint density at radius 2 is 1.79 bits per heavy atom. The van der Waals surface area contributed by atoms with Gasteiger partial charge >= 0.3 is 6.36 Å². The van der Waals surface area contributed by atoms with Crippen LogP contribution in [0.25, 0.3) is 0 Å². The molecule has 0 spiro atoms. The summed E-state index contributed by atoms with van der Waals surface area (Å²) in [4.78, 5) is 0. The molecule has 1 atom stereocenters. The molecule has 0 radical (unpaired) electrons. The van der Waals surface area contributed by atoms with E-state index in [4.69, 9.17) is 0 Å². The van der Waals surface area contributed by atoms with Gasteiger partial charge in [0.2, 0.25) is 0 Å². The molecule has 0 aliphatic heterocycles. The van der Waals surface area contributed by atoms with Crippen LogP contribution in [-0.4, -0.2) is 18.9 Å². The lowest BCUT2D eigenvalue weighted by atomic mass is 10.0. The SMILES string of the molecule is CCCNC(CC)Cc1ccc(OC(F)(F)F)cc1. The first-order valence-electron chi connectivity index (χ1n) is 6.52. The molecule has 19 heavy (non-hydrogen) atoms. The molecule has 0 saturated carbocycles. The smallest absolute Gasteiger partial charge is 0.406 e. The van der Waals surface area contributed by atoms with E-state index in [0.717, 1.165) is 31.4 Å². The molecule has 0 aromatic heterocycles. The fraction of sp³-hybridized carbons (Fsp3) is 0.571. The van der Waals surface area contributed by atoms with Crippen molar-refractivity contribution in [1.82, 2.24) is 5.32 Å². The molecule has 0 aliphatic carbocycles. The van der Waals surface area contributed by atoms with Gasteiger partial charge in [0.05, 0.1) is 0 Å². The Balaban J connectivity index is 2.55. The molecule has 0 aliphatic rings. The lowest BCUT2D eigenvalue weighted by molar-refractivity contribution is -0.274. The van der Waals surface area contributed by atoms with Crippen LogP contribution in [-0.2, 0) is 6.42 Å². The molecular weight excluding hydrogens is 255 g/mol. The fourth-order valence-electron chi connectivity index (χ4n) is 1.82. The third kappa shape index (κ3) is 6.47. The van der Waals surface area contributed by atoms with Crippen LogP contribution in [0, 0.1) is 0 Å². The van der Waals surface area contributed by atoms with E-state index in [0.29, 0.717) is 6.04 Å². The molecule has 5 heteroatoms. The molecule has 1 aromatic rings. The predicted octanol–water partition coefficient (Wildman–Crippen LogP) is 3.91. The van der Waals surface area contributed by atoms with Crippen LogP contribution in [0.15, 0.2) is 24.3 Å². The maximum atomic E-state index is 12.0. The summed E-state index contributed by atoms with van der Waals surface area (Å²) >= 11 is 0. The average Bonchev–Trinajstić information content (AvgIpc) is 2.34. The topological polar surface area (TPSA) is 21.3 Å². The van der Waals surface area contributed by atoms with Crippen LogP contribution in [0.3, 0.4) is 0 Å². The van der Waals surface area contributed by atoms with Crippen molar-refractivity contribution in [2.24, 2.45) is 0 Å². The second-order valence-corrected chi connectivity index (χ2v) is 4.46. The second-order valence-electron chi connectivity index (χ2n) is 4.46. The van der Waals surface area contributed by atoms with Crippen molar-refractivity contribution in [3.63, 3.8) is 0 Å². The summed E-state index contributed by atoms with van der Waals surface area (Å²) in [5.41, 5.74) is 1.00. The Morgan fingerprint density at radius 1 is 1.16 bits per heavy atom. The first-order valence-corrected chi connectivity index (χ1v) is 6.52. The molecule has 0 bridgehead atoms. The van der Waals surface area contributed by atoms with Gasteiger partial charge in [-0.15, -0.1) is 13.2 Å². The number of alkyl halides is 3. The van der Waals surface area contributed by atoms with E-state index >= 15 is 0 Å². The van der Waals surface area contributed by atoms with Crippen molar-refractivity contribution in [1.29, 1.82) is 0 Å². The highest BCUT2D eigenvalue weighted by molar-refractivity contribution is 5.27. The largest absolute Gasteiger partial charge is 0.573 e. The first kappa shape index (κ1) is 15.8. The van der Waals surface area contributed by atoms with E-state index in [1.165, 1.54) is 12.1 Å². The number of ether oxygens (including phenoxy) is 1. The summed E-state index contributed by atoms with van der Waals surface area (Å²) in [6, 6.07) is 6.42. The monoisotopic (exact) mass is 275 g/mol. The highest BCUT2D eigenvalue weighted by atomic mass is 19.4. The summed E-state index contributed by atoms with van der Waals surface area (Å²) in [7, 11) is 0. The fourth-order valence-corrected chi connectivity index (χ4v) is 1.82. The number of hydrogen-bond donors (Lipinski definition) is 1. The zero-order valence-electron chi connectivity index (χ0n) is 11.3. The van der Waals surface area contributed by atoms with Crippen LogP contribution >= 0.6 is 0 Å². The first-order chi connectivity index (χ1) is 8.94. The van der Waals surface area contributed by atoms with Gasteiger partial charge in [-0.1, -0.05) is 26.0 Å². The minimum absolute atomic E-state index is 0.175. The summed E-state index contributed by atoms with van der Waals surface area (Å²) in [5, 5.41) is 3.41. The van der Waals surface area contributed by atoms with Gasteiger partial charge in [0.25, 0.3) is 0 Å². The number of halogens is 3. The minimum Gasteiger partial charge on any atom is -0.406 e.